The minimum atomic E-state index is 0.735. The van der Waals surface area contributed by atoms with Gasteiger partial charge in [0.05, 0.1) is 7.11 Å². The molecule has 1 aromatic heterocycles. The molecule has 0 radical (unpaired) electrons. The summed E-state index contributed by atoms with van der Waals surface area (Å²) >= 11 is 0. The first kappa shape index (κ1) is 15.3. The van der Waals surface area contributed by atoms with Crippen LogP contribution in [0.5, 0.6) is 5.75 Å². The normalized spacial score (nSPS) is 18.3. The molecular formula is C21H24N2O. The largest absolute Gasteiger partial charge is 0.497 e. The van der Waals surface area contributed by atoms with Gasteiger partial charge in [-0.15, -0.1) is 0 Å². The van der Waals surface area contributed by atoms with Crippen molar-refractivity contribution < 1.29 is 4.74 Å². The van der Waals surface area contributed by atoms with Crippen molar-refractivity contribution in [2.24, 2.45) is 5.92 Å². The third kappa shape index (κ3) is 3.17. The number of nitrogens with one attached hydrogen (secondary N) is 1. The highest BCUT2D eigenvalue weighted by atomic mass is 16.5. The summed E-state index contributed by atoms with van der Waals surface area (Å²) < 4.78 is 5.38. The van der Waals surface area contributed by atoms with Crippen LogP contribution in [0.3, 0.4) is 0 Å². The van der Waals surface area contributed by atoms with Gasteiger partial charge in [0.1, 0.15) is 5.75 Å². The van der Waals surface area contributed by atoms with E-state index in [1.807, 2.05) is 6.07 Å². The number of hydrogen-bond acceptors (Lipinski definition) is 2. The van der Waals surface area contributed by atoms with E-state index in [-0.39, 0.29) is 0 Å². The summed E-state index contributed by atoms with van der Waals surface area (Å²) in [4.78, 5) is 5.97. The average Bonchev–Trinajstić information content (AvgIpc) is 3.23. The Bertz CT molecular complexity index is 809. The zero-order valence-corrected chi connectivity index (χ0v) is 14.2. The van der Waals surface area contributed by atoms with Crippen LogP contribution in [0.25, 0.3) is 10.9 Å². The van der Waals surface area contributed by atoms with E-state index in [2.05, 4.69) is 58.5 Å². The highest BCUT2D eigenvalue weighted by molar-refractivity contribution is 5.84. The van der Waals surface area contributed by atoms with Gasteiger partial charge in [0.25, 0.3) is 0 Å². The Kier molecular flexibility index (Phi) is 4.26. The summed E-state index contributed by atoms with van der Waals surface area (Å²) in [5, 5.41) is 1.30. The molecule has 0 saturated carbocycles. The van der Waals surface area contributed by atoms with Crippen LogP contribution in [-0.4, -0.2) is 30.1 Å². The molecule has 0 amide bonds. The first-order valence-electron chi connectivity index (χ1n) is 8.72. The summed E-state index contributed by atoms with van der Waals surface area (Å²) in [7, 11) is 1.73. The number of hydrogen-bond donors (Lipinski definition) is 1. The van der Waals surface area contributed by atoms with E-state index in [1.54, 1.807) is 7.11 Å². The number of aromatic amines is 1. The monoisotopic (exact) mass is 320 g/mol. The molecule has 0 spiro atoms. The van der Waals surface area contributed by atoms with Crippen LogP contribution in [-0.2, 0) is 13.0 Å². The SMILES string of the molecule is COc1ccc2[nH]cc(CC3CCN(Cc4ccccc4)C3)c2c1. The van der Waals surface area contributed by atoms with E-state index >= 15 is 0 Å². The number of aromatic nitrogens is 1. The second kappa shape index (κ2) is 6.70. The molecule has 3 aromatic rings. The predicted octanol–water partition coefficient (Wildman–Crippen LogP) is 4.24. The number of rotatable bonds is 5. The molecule has 1 aliphatic rings. The third-order valence-electron chi connectivity index (χ3n) is 5.10. The first-order chi connectivity index (χ1) is 11.8. The number of H-pyrrole nitrogens is 1. The van der Waals surface area contributed by atoms with Crippen LogP contribution in [0.2, 0.25) is 0 Å². The second-order valence-corrected chi connectivity index (χ2v) is 6.80. The van der Waals surface area contributed by atoms with Crippen molar-refractivity contribution >= 4 is 10.9 Å². The molecule has 0 aliphatic carbocycles. The Morgan fingerprint density at radius 3 is 2.88 bits per heavy atom. The highest BCUT2D eigenvalue weighted by Crippen LogP contribution is 2.28. The molecule has 1 aliphatic heterocycles. The Morgan fingerprint density at radius 1 is 1.17 bits per heavy atom. The molecule has 2 heterocycles. The lowest BCUT2D eigenvalue weighted by Crippen LogP contribution is -2.20. The fraction of sp³-hybridized carbons (Fsp3) is 0.333. The summed E-state index contributed by atoms with van der Waals surface area (Å²) in [5.41, 5.74) is 4.02. The van der Waals surface area contributed by atoms with Crippen molar-refractivity contribution in [3.63, 3.8) is 0 Å². The van der Waals surface area contributed by atoms with Gasteiger partial charge in [-0.1, -0.05) is 30.3 Å². The molecule has 1 atom stereocenters. The Hall–Kier alpha value is -2.26. The fourth-order valence-electron chi connectivity index (χ4n) is 3.83. The van der Waals surface area contributed by atoms with Gasteiger partial charge in [0.15, 0.2) is 0 Å². The summed E-state index contributed by atoms with van der Waals surface area (Å²) in [6.45, 7) is 3.45. The topological polar surface area (TPSA) is 28.3 Å². The van der Waals surface area contributed by atoms with Crippen LogP contribution in [0, 0.1) is 5.92 Å². The van der Waals surface area contributed by atoms with Gasteiger partial charge >= 0.3 is 0 Å². The van der Waals surface area contributed by atoms with Crippen molar-refractivity contribution in [3.8, 4) is 5.75 Å². The van der Waals surface area contributed by atoms with E-state index in [9.17, 15) is 0 Å². The summed E-state index contributed by atoms with van der Waals surface area (Å²) in [5.74, 6) is 1.67. The molecule has 24 heavy (non-hydrogen) atoms. The van der Waals surface area contributed by atoms with E-state index in [1.165, 1.54) is 41.5 Å². The van der Waals surface area contributed by atoms with Gasteiger partial charge < -0.3 is 9.72 Å². The van der Waals surface area contributed by atoms with Gasteiger partial charge in [0.2, 0.25) is 0 Å². The lowest BCUT2D eigenvalue weighted by atomic mass is 9.98. The van der Waals surface area contributed by atoms with Crippen LogP contribution in [0.4, 0.5) is 0 Å². The molecule has 1 saturated heterocycles. The molecule has 1 unspecified atom stereocenters. The molecule has 2 aromatic carbocycles. The average molecular weight is 320 g/mol. The quantitative estimate of drug-likeness (QED) is 0.761. The maximum absolute atomic E-state index is 5.38. The maximum atomic E-state index is 5.38. The lowest BCUT2D eigenvalue weighted by Gasteiger charge is -2.16. The lowest BCUT2D eigenvalue weighted by molar-refractivity contribution is 0.316. The van der Waals surface area contributed by atoms with Crippen LogP contribution in [0.1, 0.15) is 17.5 Å². The highest BCUT2D eigenvalue weighted by Gasteiger charge is 2.23. The van der Waals surface area contributed by atoms with Gasteiger partial charge in [-0.05, 0) is 54.6 Å². The molecule has 1 N–H and O–H groups in total. The molecule has 3 nitrogen and oxygen atoms in total. The number of methoxy groups -OCH3 is 1. The standard InChI is InChI=1S/C21H24N2O/c1-24-19-7-8-21-20(12-19)18(13-22-21)11-17-9-10-23(15-17)14-16-5-3-2-4-6-16/h2-8,12-13,17,22H,9-11,14-15H2,1H3. The smallest absolute Gasteiger partial charge is 0.119 e. The Morgan fingerprint density at radius 2 is 2.04 bits per heavy atom. The Balaban J connectivity index is 1.43. The van der Waals surface area contributed by atoms with Crippen molar-refractivity contribution in [2.75, 3.05) is 20.2 Å². The number of benzene rings is 2. The zero-order chi connectivity index (χ0) is 16.4. The number of ether oxygens (including phenoxy) is 1. The first-order valence-corrected chi connectivity index (χ1v) is 8.72. The van der Waals surface area contributed by atoms with Crippen LogP contribution >= 0.6 is 0 Å². The van der Waals surface area contributed by atoms with Gasteiger partial charge in [-0.25, -0.2) is 0 Å². The van der Waals surface area contributed by atoms with E-state index in [0.717, 1.165) is 24.6 Å². The Labute approximate surface area is 143 Å². The van der Waals surface area contributed by atoms with Crippen LogP contribution < -0.4 is 4.74 Å². The number of fused-ring (bicyclic) bond motifs is 1. The summed E-state index contributed by atoms with van der Waals surface area (Å²) in [6.07, 6.45) is 4.59. The fourth-order valence-corrected chi connectivity index (χ4v) is 3.83. The number of nitrogens with zero attached hydrogens (tertiary/aromatic N) is 1. The van der Waals surface area contributed by atoms with Crippen molar-refractivity contribution in [1.82, 2.24) is 9.88 Å². The molecular weight excluding hydrogens is 296 g/mol. The van der Waals surface area contributed by atoms with Crippen molar-refractivity contribution in [3.05, 3.63) is 65.9 Å². The minimum Gasteiger partial charge on any atom is -0.497 e. The number of likely N-dealkylation sites (tertiary alicyclic amines) is 1. The van der Waals surface area contributed by atoms with Gasteiger partial charge in [-0.2, -0.15) is 0 Å². The van der Waals surface area contributed by atoms with Crippen LogP contribution in [0.15, 0.2) is 54.7 Å². The molecule has 1 fully saturated rings. The molecule has 0 bridgehead atoms. The summed E-state index contributed by atoms with van der Waals surface area (Å²) in [6, 6.07) is 17.1. The predicted molar refractivity (Wildman–Crippen MR) is 98.4 cm³/mol. The van der Waals surface area contributed by atoms with Crippen molar-refractivity contribution in [1.29, 1.82) is 0 Å². The van der Waals surface area contributed by atoms with Crippen molar-refractivity contribution in [2.45, 2.75) is 19.4 Å². The van der Waals surface area contributed by atoms with E-state index in [0.29, 0.717) is 0 Å². The minimum absolute atomic E-state index is 0.735. The molecule has 4 rings (SSSR count). The zero-order valence-electron chi connectivity index (χ0n) is 14.2. The third-order valence-corrected chi connectivity index (χ3v) is 5.10. The van der Waals surface area contributed by atoms with Gasteiger partial charge in [0, 0.05) is 30.2 Å². The van der Waals surface area contributed by atoms with E-state index < -0.39 is 0 Å². The molecule has 124 valence electrons. The van der Waals surface area contributed by atoms with Gasteiger partial charge in [-0.3, -0.25) is 4.90 Å². The molecule has 3 heteroatoms. The van der Waals surface area contributed by atoms with E-state index in [4.69, 9.17) is 4.74 Å². The second-order valence-electron chi connectivity index (χ2n) is 6.80. The maximum Gasteiger partial charge on any atom is 0.119 e.